The van der Waals surface area contributed by atoms with Crippen LogP contribution in [-0.2, 0) is 37.4 Å². The lowest BCUT2D eigenvalue weighted by Crippen LogP contribution is -2.39. The zero-order valence-corrected chi connectivity index (χ0v) is 18.9. The van der Waals surface area contributed by atoms with Gasteiger partial charge in [0.05, 0.1) is 31.8 Å². The Morgan fingerprint density at radius 3 is 2.67 bits per heavy atom. The first-order valence-corrected chi connectivity index (χ1v) is 10.9. The summed E-state index contributed by atoms with van der Waals surface area (Å²) in [7, 11) is 3.12. The van der Waals surface area contributed by atoms with E-state index in [0.29, 0.717) is 23.6 Å². The number of hydrogen-bond donors (Lipinski definition) is 1. The Labute approximate surface area is 192 Å². The molecule has 1 aromatic heterocycles. The number of hydrogen-bond acceptors (Lipinski definition) is 6. The van der Waals surface area contributed by atoms with Crippen LogP contribution in [0.2, 0.25) is 0 Å². The predicted molar refractivity (Wildman–Crippen MR) is 124 cm³/mol. The zero-order chi connectivity index (χ0) is 23.2. The van der Waals surface area contributed by atoms with Gasteiger partial charge in [0, 0.05) is 38.2 Å². The van der Waals surface area contributed by atoms with E-state index in [1.54, 1.807) is 20.3 Å². The number of carbonyl (C=O) groups excluding carboxylic acids is 1. The van der Waals surface area contributed by atoms with Crippen molar-refractivity contribution in [2.75, 3.05) is 20.8 Å². The molecule has 8 nitrogen and oxygen atoms in total. The summed E-state index contributed by atoms with van der Waals surface area (Å²) in [6, 6.07) is 15.7. The van der Waals surface area contributed by atoms with E-state index in [1.807, 2.05) is 30.3 Å². The van der Waals surface area contributed by atoms with Crippen LogP contribution in [-0.4, -0.2) is 41.1 Å². The maximum atomic E-state index is 13.1. The lowest BCUT2D eigenvalue weighted by atomic mass is 10.1. The molecule has 0 aliphatic carbocycles. The van der Waals surface area contributed by atoms with Crippen LogP contribution < -0.4 is 20.3 Å². The first-order chi connectivity index (χ1) is 16.1. The number of ether oxygens (including phenoxy) is 2. The van der Waals surface area contributed by atoms with Gasteiger partial charge in [-0.05, 0) is 11.6 Å². The van der Waals surface area contributed by atoms with E-state index < -0.39 is 0 Å². The van der Waals surface area contributed by atoms with Crippen LogP contribution in [0.5, 0.6) is 11.5 Å². The SMILES string of the molecule is COc1cccc(CNC(=O)Cn2cnc3c(c2=O)CN(Cc2ccccc2)CC3)c1OC. The van der Waals surface area contributed by atoms with Gasteiger partial charge in [-0.15, -0.1) is 0 Å². The fourth-order valence-electron chi connectivity index (χ4n) is 4.09. The first kappa shape index (κ1) is 22.5. The monoisotopic (exact) mass is 448 g/mol. The average Bonchev–Trinajstić information content (AvgIpc) is 2.85. The summed E-state index contributed by atoms with van der Waals surface area (Å²) >= 11 is 0. The maximum absolute atomic E-state index is 13.1. The van der Waals surface area contributed by atoms with E-state index in [2.05, 4.69) is 27.3 Å². The number of aromatic nitrogens is 2. The number of rotatable bonds is 8. The van der Waals surface area contributed by atoms with Gasteiger partial charge < -0.3 is 14.8 Å². The quantitative estimate of drug-likeness (QED) is 0.568. The molecule has 0 atom stereocenters. The lowest BCUT2D eigenvalue weighted by molar-refractivity contribution is -0.121. The normalized spacial score (nSPS) is 13.3. The van der Waals surface area contributed by atoms with Crippen molar-refractivity contribution >= 4 is 5.91 Å². The van der Waals surface area contributed by atoms with Crippen molar-refractivity contribution in [3.63, 3.8) is 0 Å². The molecule has 1 N–H and O–H groups in total. The highest BCUT2D eigenvalue weighted by atomic mass is 16.5. The fraction of sp³-hybridized carbons (Fsp3) is 0.320. The summed E-state index contributed by atoms with van der Waals surface area (Å²) in [5.41, 5.74) is 3.33. The minimum absolute atomic E-state index is 0.0932. The molecule has 0 radical (unpaired) electrons. The van der Waals surface area contributed by atoms with Gasteiger partial charge in [-0.2, -0.15) is 0 Å². The number of benzene rings is 2. The molecule has 4 rings (SSSR count). The van der Waals surface area contributed by atoms with Crippen LogP contribution in [0.3, 0.4) is 0 Å². The third-order valence-electron chi connectivity index (χ3n) is 5.79. The van der Waals surface area contributed by atoms with Crippen molar-refractivity contribution in [2.24, 2.45) is 0 Å². The summed E-state index contributed by atoms with van der Waals surface area (Å²) in [6.45, 7) is 2.32. The molecule has 0 saturated heterocycles. The van der Waals surface area contributed by atoms with Gasteiger partial charge in [-0.1, -0.05) is 42.5 Å². The van der Waals surface area contributed by atoms with Crippen LogP contribution in [0.15, 0.2) is 59.7 Å². The molecule has 0 bridgehead atoms. The summed E-state index contributed by atoms with van der Waals surface area (Å²) in [6.07, 6.45) is 2.19. The average molecular weight is 449 g/mol. The van der Waals surface area contributed by atoms with E-state index in [1.165, 1.54) is 16.5 Å². The Balaban J connectivity index is 1.42. The predicted octanol–water partition coefficient (Wildman–Crippen LogP) is 2.14. The van der Waals surface area contributed by atoms with Crippen molar-refractivity contribution in [3.05, 3.63) is 87.6 Å². The van der Waals surface area contributed by atoms with Gasteiger partial charge >= 0.3 is 0 Å². The van der Waals surface area contributed by atoms with Crippen LogP contribution >= 0.6 is 0 Å². The molecule has 0 saturated carbocycles. The summed E-state index contributed by atoms with van der Waals surface area (Å²) in [4.78, 5) is 32.4. The van der Waals surface area contributed by atoms with Crippen molar-refractivity contribution in [1.29, 1.82) is 0 Å². The Kier molecular flexibility index (Phi) is 7.04. The largest absolute Gasteiger partial charge is 0.493 e. The smallest absolute Gasteiger partial charge is 0.258 e. The molecule has 0 spiro atoms. The molecule has 1 aliphatic rings. The maximum Gasteiger partial charge on any atom is 0.258 e. The summed E-state index contributed by atoms with van der Waals surface area (Å²) in [5.74, 6) is 0.895. The minimum Gasteiger partial charge on any atom is -0.493 e. The van der Waals surface area contributed by atoms with Gasteiger partial charge in [0.1, 0.15) is 6.54 Å². The second-order valence-corrected chi connectivity index (χ2v) is 7.98. The van der Waals surface area contributed by atoms with Gasteiger partial charge in [-0.25, -0.2) is 4.98 Å². The molecule has 1 amide bonds. The summed E-state index contributed by atoms with van der Waals surface area (Å²) in [5, 5.41) is 2.85. The number of methoxy groups -OCH3 is 2. The molecule has 172 valence electrons. The number of nitrogens with one attached hydrogen (secondary N) is 1. The zero-order valence-electron chi connectivity index (χ0n) is 18.9. The topological polar surface area (TPSA) is 85.7 Å². The highest BCUT2D eigenvalue weighted by molar-refractivity contribution is 5.75. The third kappa shape index (κ3) is 5.23. The second-order valence-electron chi connectivity index (χ2n) is 7.98. The molecular weight excluding hydrogens is 420 g/mol. The lowest BCUT2D eigenvalue weighted by Gasteiger charge is -2.28. The molecule has 0 fully saturated rings. The van der Waals surface area contributed by atoms with E-state index in [-0.39, 0.29) is 24.6 Å². The van der Waals surface area contributed by atoms with Gasteiger partial charge in [0.15, 0.2) is 11.5 Å². The van der Waals surface area contributed by atoms with Crippen molar-refractivity contribution in [3.8, 4) is 11.5 Å². The number of carbonyl (C=O) groups is 1. The highest BCUT2D eigenvalue weighted by Crippen LogP contribution is 2.30. The second kappa shape index (κ2) is 10.3. The van der Waals surface area contributed by atoms with E-state index in [9.17, 15) is 9.59 Å². The molecule has 3 aromatic rings. The van der Waals surface area contributed by atoms with Gasteiger partial charge in [0.25, 0.3) is 5.56 Å². The van der Waals surface area contributed by atoms with E-state index in [4.69, 9.17) is 9.47 Å². The molecular formula is C25H28N4O4. The minimum atomic E-state index is -0.277. The van der Waals surface area contributed by atoms with E-state index >= 15 is 0 Å². The standard InChI is InChI=1S/C25H28N4O4/c1-32-22-10-6-9-19(24(22)33-2)13-26-23(30)16-29-17-27-21-11-12-28(15-20(21)25(29)31)14-18-7-4-3-5-8-18/h3-10,17H,11-16H2,1-2H3,(H,26,30). The van der Waals surface area contributed by atoms with Gasteiger partial charge in [-0.3, -0.25) is 19.1 Å². The first-order valence-electron chi connectivity index (χ1n) is 10.9. The molecule has 0 unspecified atom stereocenters. The summed E-state index contributed by atoms with van der Waals surface area (Å²) < 4.78 is 12.1. The van der Waals surface area contributed by atoms with Crippen LogP contribution in [0.4, 0.5) is 0 Å². The number of amides is 1. The number of para-hydroxylation sites is 1. The van der Waals surface area contributed by atoms with E-state index in [0.717, 1.165) is 30.8 Å². The fourth-order valence-corrected chi connectivity index (χ4v) is 4.09. The van der Waals surface area contributed by atoms with Crippen molar-refractivity contribution < 1.29 is 14.3 Å². The van der Waals surface area contributed by atoms with Crippen molar-refractivity contribution in [1.82, 2.24) is 19.8 Å². The Morgan fingerprint density at radius 2 is 1.91 bits per heavy atom. The van der Waals surface area contributed by atoms with Gasteiger partial charge in [0.2, 0.25) is 5.91 Å². The molecule has 8 heteroatoms. The molecule has 1 aliphatic heterocycles. The Hall–Kier alpha value is -3.65. The van der Waals surface area contributed by atoms with Crippen LogP contribution in [0.1, 0.15) is 22.4 Å². The molecule has 2 aromatic carbocycles. The van der Waals surface area contributed by atoms with Crippen LogP contribution in [0.25, 0.3) is 0 Å². The number of fused-ring (bicyclic) bond motifs is 1. The third-order valence-corrected chi connectivity index (χ3v) is 5.79. The number of nitrogens with zero attached hydrogens (tertiary/aromatic N) is 3. The Morgan fingerprint density at radius 1 is 1.09 bits per heavy atom. The Bertz CT molecular complexity index is 1180. The molecule has 33 heavy (non-hydrogen) atoms. The van der Waals surface area contributed by atoms with Crippen LogP contribution in [0, 0.1) is 0 Å². The highest BCUT2D eigenvalue weighted by Gasteiger charge is 2.22. The van der Waals surface area contributed by atoms with Crippen molar-refractivity contribution in [2.45, 2.75) is 32.6 Å². The molecule has 2 heterocycles.